The Morgan fingerprint density at radius 2 is 0.877 bits per heavy atom. The molecule has 0 aromatic heterocycles. The SMILES string of the molecule is CC/C=C\C/C=C\C/C=C\C/C=C\C/C=C\C/C=C\CCCCC(=O)NC(COP(=O)([O-])OCC[N+](C)(C)C)C(/C=C\CCCCCCCCCCC)OC(=O)CCCCCCCCC/C=C\CCCCCC. The maximum atomic E-state index is 13.5. The highest BCUT2D eigenvalue weighted by molar-refractivity contribution is 7.45. The van der Waals surface area contributed by atoms with Crippen LogP contribution >= 0.6 is 7.82 Å². The van der Waals surface area contributed by atoms with Crippen LogP contribution in [0.2, 0.25) is 0 Å². The van der Waals surface area contributed by atoms with Gasteiger partial charge in [-0.2, -0.15) is 0 Å². The third kappa shape index (κ3) is 53.6. The van der Waals surface area contributed by atoms with E-state index in [9.17, 15) is 19.0 Å². The summed E-state index contributed by atoms with van der Waals surface area (Å²) in [6, 6.07) is -0.917. The molecule has 420 valence electrons. The Morgan fingerprint density at radius 1 is 0.493 bits per heavy atom. The van der Waals surface area contributed by atoms with Crippen molar-refractivity contribution in [2.45, 2.75) is 251 Å². The molecule has 0 bridgehead atoms. The van der Waals surface area contributed by atoms with Gasteiger partial charge in [0.25, 0.3) is 7.82 Å². The lowest BCUT2D eigenvalue weighted by atomic mass is 10.1. The second-order valence-corrected chi connectivity index (χ2v) is 22.2. The van der Waals surface area contributed by atoms with Gasteiger partial charge in [0.15, 0.2) is 0 Å². The molecule has 0 rings (SSSR count). The van der Waals surface area contributed by atoms with Gasteiger partial charge in [-0.05, 0) is 109 Å². The molecule has 73 heavy (non-hydrogen) atoms. The van der Waals surface area contributed by atoms with E-state index in [1.54, 1.807) is 0 Å². The molecule has 0 fully saturated rings. The van der Waals surface area contributed by atoms with Crippen molar-refractivity contribution >= 4 is 19.7 Å². The fourth-order valence-electron chi connectivity index (χ4n) is 7.93. The van der Waals surface area contributed by atoms with Gasteiger partial charge >= 0.3 is 5.97 Å². The summed E-state index contributed by atoms with van der Waals surface area (Å²) >= 11 is 0. The number of hydrogen-bond donors (Lipinski definition) is 1. The first kappa shape index (κ1) is 69.9. The van der Waals surface area contributed by atoms with Gasteiger partial charge in [-0.15, -0.1) is 0 Å². The lowest BCUT2D eigenvalue weighted by Gasteiger charge is -2.30. The van der Waals surface area contributed by atoms with E-state index in [1.165, 1.54) is 96.3 Å². The molecule has 0 aliphatic carbocycles. The maximum absolute atomic E-state index is 13.5. The lowest BCUT2D eigenvalue weighted by Crippen LogP contribution is -2.47. The Kier molecular flexibility index (Phi) is 50.2. The second kappa shape index (κ2) is 52.4. The Morgan fingerprint density at radius 3 is 1.36 bits per heavy atom. The molecule has 1 amide bonds. The van der Waals surface area contributed by atoms with E-state index < -0.39 is 26.6 Å². The minimum Gasteiger partial charge on any atom is -0.756 e. The van der Waals surface area contributed by atoms with Gasteiger partial charge in [-0.25, -0.2) is 0 Å². The van der Waals surface area contributed by atoms with E-state index in [4.69, 9.17) is 13.8 Å². The number of carbonyl (C=O) groups excluding carboxylic acids is 2. The molecule has 3 atom stereocenters. The Hall–Kier alpha value is -3.07. The third-order valence-corrected chi connectivity index (χ3v) is 13.5. The van der Waals surface area contributed by atoms with Gasteiger partial charge in [0.1, 0.15) is 19.3 Å². The molecule has 0 aromatic carbocycles. The Balaban J connectivity index is 5.36. The molecule has 10 heteroatoms. The molecule has 0 heterocycles. The topological polar surface area (TPSA) is 114 Å². The fourth-order valence-corrected chi connectivity index (χ4v) is 8.65. The van der Waals surface area contributed by atoms with Crippen molar-refractivity contribution in [1.82, 2.24) is 5.32 Å². The van der Waals surface area contributed by atoms with Crippen LogP contribution in [0.4, 0.5) is 0 Å². The molecule has 3 unspecified atom stereocenters. The van der Waals surface area contributed by atoms with E-state index in [1.807, 2.05) is 33.3 Å². The second-order valence-electron chi connectivity index (χ2n) is 20.8. The number of amides is 1. The highest BCUT2D eigenvalue weighted by Crippen LogP contribution is 2.38. The molecule has 0 aromatic rings. The molecular formula is C63H111N2O7P. The molecule has 0 spiro atoms. The smallest absolute Gasteiger partial charge is 0.306 e. The van der Waals surface area contributed by atoms with Crippen LogP contribution in [-0.2, 0) is 27.9 Å². The number of phosphoric acid groups is 1. The van der Waals surface area contributed by atoms with Gasteiger partial charge < -0.3 is 28.5 Å². The minimum absolute atomic E-state index is 0.0360. The first-order valence-corrected chi connectivity index (χ1v) is 31.0. The largest absolute Gasteiger partial charge is 0.756 e. The predicted molar refractivity (Wildman–Crippen MR) is 311 cm³/mol. The molecule has 0 aliphatic heterocycles. The fraction of sp³-hybridized carbons (Fsp3) is 0.714. The number of unbranched alkanes of at least 4 members (excludes halogenated alkanes) is 22. The van der Waals surface area contributed by atoms with Gasteiger partial charge in [-0.3, -0.25) is 14.2 Å². The molecular weight excluding hydrogens is 928 g/mol. The van der Waals surface area contributed by atoms with Gasteiger partial charge in [0.05, 0.1) is 33.8 Å². The molecule has 0 saturated carbocycles. The molecule has 0 aliphatic rings. The predicted octanol–water partition coefficient (Wildman–Crippen LogP) is 17.4. The number of phosphoric ester groups is 1. The summed E-state index contributed by atoms with van der Waals surface area (Å²) < 4.78 is 30.2. The summed E-state index contributed by atoms with van der Waals surface area (Å²) in [4.78, 5) is 39.9. The number of esters is 1. The number of nitrogens with zero attached hydrogens (tertiary/aromatic N) is 1. The number of carbonyl (C=O) groups is 2. The Bertz CT molecular complexity index is 1570. The average molecular weight is 1040 g/mol. The number of quaternary nitrogens is 1. The monoisotopic (exact) mass is 1040 g/mol. The lowest BCUT2D eigenvalue weighted by molar-refractivity contribution is -0.870. The number of nitrogens with one attached hydrogen (secondary N) is 1. The van der Waals surface area contributed by atoms with Crippen LogP contribution in [0.5, 0.6) is 0 Å². The number of hydrogen-bond acceptors (Lipinski definition) is 7. The van der Waals surface area contributed by atoms with Crippen LogP contribution in [0.15, 0.2) is 97.2 Å². The molecule has 0 radical (unpaired) electrons. The van der Waals surface area contributed by atoms with Crippen LogP contribution in [-0.4, -0.2) is 69.4 Å². The van der Waals surface area contributed by atoms with Gasteiger partial charge in [-0.1, -0.05) is 215 Å². The van der Waals surface area contributed by atoms with E-state index >= 15 is 0 Å². The molecule has 1 N–H and O–H groups in total. The van der Waals surface area contributed by atoms with Crippen molar-refractivity contribution in [3.05, 3.63) is 97.2 Å². The summed E-state index contributed by atoms with van der Waals surface area (Å²) in [5.74, 6) is -0.603. The van der Waals surface area contributed by atoms with Crippen molar-refractivity contribution < 1.29 is 37.3 Å². The number of ether oxygens (including phenoxy) is 1. The van der Waals surface area contributed by atoms with Crippen molar-refractivity contribution in [2.75, 3.05) is 40.9 Å². The van der Waals surface area contributed by atoms with Crippen LogP contribution < -0.4 is 10.2 Å². The normalized spacial score (nSPS) is 14.5. The quantitative estimate of drug-likeness (QED) is 0.0212. The van der Waals surface area contributed by atoms with Gasteiger partial charge in [0.2, 0.25) is 5.91 Å². The summed E-state index contributed by atoms with van der Waals surface area (Å²) in [7, 11) is 1.14. The summed E-state index contributed by atoms with van der Waals surface area (Å²) in [5.41, 5.74) is 0. The molecule has 0 saturated heterocycles. The van der Waals surface area contributed by atoms with Crippen molar-refractivity contribution in [1.29, 1.82) is 0 Å². The number of rotatable bonds is 52. The van der Waals surface area contributed by atoms with E-state index in [2.05, 4.69) is 111 Å². The van der Waals surface area contributed by atoms with Crippen LogP contribution in [0.1, 0.15) is 239 Å². The van der Waals surface area contributed by atoms with Crippen LogP contribution in [0.25, 0.3) is 0 Å². The summed E-state index contributed by atoms with van der Waals surface area (Å²) in [6.45, 7) is 6.66. The van der Waals surface area contributed by atoms with Crippen LogP contribution in [0.3, 0.4) is 0 Å². The standard InChI is InChI=1S/C63H111N2O7P/c1-7-10-13-16-19-22-25-27-29-30-31-32-33-34-36-37-40-43-46-49-52-55-62(66)64-60(59-71-73(68,69)70-58-57-65(4,5)6)61(54-51-48-45-42-39-24-21-18-15-12-9-3)72-63(67)56-53-50-47-44-41-38-35-28-26-23-20-17-14-11-8-2/h10,13,19,22-23,26-27,29,31-32,34,36,40,43,51,54,60-61H,7-9,11-12,14-18,20-21,24-25,28,30,33,35,37-39,41-42,44-50,52-53,55-59H2,1-6H3,(H-,64,66,68,69)/b13-10-,22-19-,26-23-,29-27-,32-31-,36-34-,43-40-,54-51-. The molecule has 9 nitrogen and oxygen atoms in total. The zero-order valence-corrected chi connectivity index (χ0v) is 48.7. The van der Waals surface area contributed by atoms with Crippen molar-refractivity contribution in [3.8, 4) is 0 Å². The summed E-state index contributed by atoms with van der Waals surface area (Å²) in [5, 5.41) is 2.99. The third-order valence-electron chi connectivity index (χ3n) is 12.5. The van der Waals surface area contributed by atoms with E-state index in [0.29, 0.717) is 23.9 Å². The summed E-state index contributed by atoms with van der Waals surface area (Å²) in [6.07, 6.45) is 69.5. The zero-order valence-electron chi connectivity index (χ0n) is 47.8. The van der Waals surface area contributed by atoms with Crippen molar-refractivity contribution in [2.24, 2.45) is 0 Å². The van der Waals surface area contributed by atoms with E-state index in [0.717, 1.165) is 96.3 Å². The van der Waals surface area contributed by atoms with Crippen LogP contribution in [0, 0.1) is 0 Å². The minimum atomic E-state index is -4.71. The number of allylic oxidation sites excluding steroid dienone is 15. The zero-order chi connectivity index (χ0) is 53.6. The van der Waals surface area contributed by atoms with E-state index in [-0.39, 0.29) is 31.3 Å². The first-order valence-electron chi connectivity index (χ1n) is 29.5. The number of likely N-dealkylation sites (N-methyl/N-ethyl adjacent to an activating group) is 1. The Labute approximate surface area is 449 Å². The van der Waals surface area contributed by atoms with Crippen molar-refractivity contribution in [3.63, 3.8) is 0 Å². The first-order chi connectivity index (χ1) is 35.4. The highest BCUT2D eigenvalue weighted by atomic mass is 31.2. The average Bonchev–Trinajstić information content (AvgIpc) is 3.35. The van der Waals surface area contributed by atoms with Gasteiger partial charge in [0, 0.05) is 12.8 Å². The maximum Gasteiger partial charge on any atom is 0.306 e. The highest BCUT2D eigenvalue weighted by Gasteiger charge is 2.27.